The third kappa shape index (κ3) is 2.66. The van der Waals surface area contributed by atoms with Crippen molar-refractivity contribution in [3.63, 3.8) is 0 Å². The summed E-state index contributed by atoms with van der Waals surface area (Å²) in [7, 11) is 0. The third-order valence-electron chi connectivity index (χ3n) is 3.68. The van der Waals surface area contributed by atoms with Crippen LogP contribution in [-0.4, -0.2) is 28.8 Å². The van der Waals surface area contributed by atoms with Gasteiger partial charge in [0.25, 0.3) is 0 Å². The van der Waals surface area contributed by atoms with Gasteiger partial charge in [-0.1, -0.05) is 29.8 Å². The smallest absolute Gasteiger partial charge is 0.363 e. The van der Waals surface area contributed by atoms with Crippen LogP contribution in [0.2, 0.25) is 0 Å². The molecule has 1 fully saturated rings. The summed E-state index contributed by atoms with van der Waals surface area (Å²) in [6.07, 6.45) is -5.19. The van der Waals surface area contributed by atoms with Crippen LogP contribution >= 0.6 is 0 Å². The quantitative estimate of drug-likeness (QED) is 0.778. The van der Waals surface area contributed by atoms with Crippen LogP contribution < -0.4 is 10.6 Å². The average Bonchev–Trinajstić information content (AvgIpc) is 2.36. The van der Waals surface area contributed by atoms with Crippen molar-refractivity contribution in [3.05, 3.63) is 35.4 Å². The Balaban J connectivity index is 2.54. The number of hydrogen-bond donors (Lipinski definition) is 3. The van der Waals surface area contributed by atoms with Gasteiger partial charge in [0, 0.05) is 0 Å². The van der Waals surface area contributed by atoms with Crippen LogP contribution in [0, 0.1) is 12.8 Å². The number of ketones is 1. The van der Waals surface area contributed by atoms with Crippen molar-refractivity contribution in [3.8, 4) is 0 Å². The first kappa shape index (κ1) is 16.3. The van der Waals surface area contributed by atoms with Gasteiger partial charge in [-0.05, 0) is 19.4 Å². The molecule has 0 spiro atoms. The zero-order valence-electron chi connectivity index (χ0n) is 11.9. The van der Waals surface area contributed by atoms with Crippen LogP contribution in [0.4, 0.5) is 18.0 Å². The monoisotopic (exact) mass is 316 g/mol. The number of amides is 2. The van der Waals surface area contributed by atoms with E-state index < -0.39 is 35.7 Å². The van der Waals surface area contributed by atoms with Gasteiger partial charge in [0.2, 0.25) is 5.72 Å². The Bertz CT molecular complexity index is 600. The lowest BCUT2D eigenvalue weighted by molar-refractivity contribution is -0.290. The molecule has 1 aromatic carbocycles. The van der Waals surface area contributed by atoms with Crippen molar-refractivity contribution in [2.24, 2.45) is 5.92 Å². The zero-order valence-corrected chi connectivity index (χ0v) is 11.9. The van der Waals surface area contributed by atoms with Crippen LogP contribution in [0.25, 0.3) is 0 Å². The van der Waals surface area contributed by atoms with Crippen LogP contribution in [-0.2, 0) is 4.79 Å². The first-order valence-electron chi connectivity index (χ1n) is 6.51. The number of urea groups is 1. The minimum Gasteiger partial charge on any atom is -0.363 e. The number of carbonyl (C=O) groups is 2. The molecule has 1 heterocycles. The summed E-state index contributed by atoms with van der Waals surface area (Å²) in [5, 5.41) is 13.7. The van der Waals surface area contributed by atoms with Gasteiger partial charge < -0.3 is 15.7 Å². The molecule has 5 nitrogen and oxygen atoms in total. The average molecular weight is 316 g/mol. The summed E-state index contributed by atoms with van der Waals surface area (Å²) in [5.41, 5.74) is -2.44. The number of rotatable bonds is 2. The maximum absolute atomic E-state index is 13.2. The largest absolute Gasteiger partial charge is 0.437 e. The molecule has 0 aliphatic carbocycles. The van der Waals surface area contributed by atoms with E-state index in [9.17, 15) is 27.9 Å². The second-order valence-corrected chi connectivity index (χ2v) is 5.34. The highest BCUT2D eigenvalue weighted by molar-refractivity contribution is 5.86. The minimum absolute atomic E-state index is 0.309. The topological polar surface area (TPSA) is 78.4 Å². The fraction of sp³-hybridized carbons (Fsp3) is 0.429. The van der Waals surface area contributed by atoms with Crippen molar-refractivity contribution < 1.29 is 27.9 Å². The van der Waals surface area contributed by atoms with Crippen LogP contribution in [0.3, 0.4) is 0 Å². The molecular formula is C14H15F3N2O3. The standard InChI is InChI=1S/C14H15F3N2O3/c1-7-3-5-9(6-4-7)11-10(8(2)20)13(22,14(15,16)17)19-12(21)18-11/h3-6,10-11,22H,1-2H3,(H2,18,19,21)/t10-,11+,13+/m1/s1. The Morgan fingerprint density at radius 1 is 1.27 bits per heavy atom. The van der Waals surface area contributed by atoms with E-state index in [2.05, 4.69) is 5.32 Å². The first-order chi connectivity index (χ1) is 10.1. The Morgan fingerprint density at radius 2 is 1.82 bits per heavy atom. The molecule has 120 valence electrons. The van der Waals surface area contributed by atoms with Crippen molar-refractivity contribution in [2.45, 2.75) is 31.8 Å². The van der Waals surface area contributed by atoms with Crippen LogP contribution in [0.5, 0.6) is 0 Å². The fourth-order valence-corrected chi connectivity index (χ4v) is 2.58. The van der Waals surface area contributed by atoms with Crippen LogP contribution in [0.1, 0.15) is 24.1 Å². The maximum atomic E-state index is 13.2. The molecule has 0 unspecified atom stereocenters. The summed E-state index contributed by atoms with van der Waals surface area (Å²) in [6, 6.07) is 3.85. The molecule has 3 atom stereocenters. The van der Waals surface area contributed by atoms with E-state index in [1.807, 2.05) is 0 Å². The number of aliphatic hydroxyl groups is 1. The summed E-state index contributed by atoms with van der Waals surface area (Å²) in [4.78, 5) is 23.3. The highest BCUT2D eigenvalue weighted by atomic mass is 19.4. The van der Waals surface area contributed by atoms with Gasteiger partial charge >= 0.3 is 12.2 Å². The number of aryl methyl sites for hydroxylation is 1. The van der Waals surface area contributed by atoms with Crippen molar-refractivity contribution in [2.75, 3.05) is 0 Å². The molecule has 1 aliphatic rings. The van der Waals surface area contributed by atoms with E-state index in [1.54, 1.807) is 19.1 Å². The van der Waals surface area contributed by atoms with E-state index in [4.69, 9.17) is 0 Å². The summed E-state index contributed by atoms with van der Waals surface area (Å²) >= 11 is 0. The molecule has 8 heteroatoms. The number of Topliss-reactive ketones (excluding diaryl/α,β-unsaturated/α-hetero) is 1. The SMILES string of the molecule is CC(=O)[C@@H]1[C@H](c2ccc(C)cc2)NC(=O)N[C@@]1(O)C(F)(F)F. The van der Waals surface area contributed by atoms with Gasteiger partial charge in [0.15, 0.2) is 0 Å². The van der Waals surface area contributed by atoms with Gasteiger partial charge in [-0.2, -0.15) is 13.2 Å². The van der Waals surface area contributed by atoms with E-state index in [0.29, 0.717) is 5.56 Å². The van der Waals surface area contributed by atoms with Gasteiger partial charge in [0.05, 0.1) is 12.0 Å². The Morgan fingerprint density at radius 3 is 2.27 bits per heavy atom. The Hall–Kier alpha value is -2.09. The van der Waals surface area contributed by atoms with Gasteiger partial charge in [-0.3, -0.25) is 4.79 Å². The molecule has 2 rings (SSSR count). The number of nitrogens with one attached hydrogen (secondary N) is 2. The van der Waals surface area contributed by atoms with Crippen molar-refractivity contribution in [1.82, 2.24) is 10.6 Å². The highest BCUT2D eigenvalue weighted by Gasteiger charge is 2.65. The fourth-order valence-electron chi connectivity index (χ4n) is 2.58. The summed E-state index contributed by atoms with van der Waals surface area (Å²) in [6.45, 7) is 2.74. The molecule has 1 aromatic rings. The summed E-state index contributed by atoms with van der Waals surface area (Å²) < 4.78 is 39.7. The lowest BCUT2D eigenvalue weighted by Gasteiger charge is -2.44. The Kier molecular flexibility index (Phi) is 3.90. The molecule has 1 aliphatic heterocycles. The van der Waals surface area contributed by atoms with Crippen molar-refractivity contribution in [1.29, 1.82) is 0 Å². The molecular weight excluding hydrogens is 301 g/mol. The van der Waals surface area contributed by atoms with Gasteiger partial charge in [0.1, 0.15) is 5.78 Å². The van der Waals surface area contributed by atoms with Gasteiger partial charge in [-0.15, -0.1) is 0 Å². The number of alkyl halides is 3. The number of halogens is 3. The molecule has 1 saturated heterocycles. The predicted octanol–water partition coefficient (Wildman–Crippen LogP) is 1.81. The molecule has 3 N–H and O–H groups in total. The third-order valence-corrected chi connectivity index (χ3v) is 3.68. The Labute approximate surface area is 124 Å². The normalized spacial score (nSPS) is 28.7. The predicted molar refractivity (Wildman–Crippen MR) is 70.8 cm³/mol. The van der Waals surface area contributed by atoms with Crippen molar-refractivity contribution >= 4 is 11.8 Å². The lowest BCUT2D eigenvalue weighted by atomic mass is 9.79. The highest BCUT2D eigenvalue weighted by Crippen LogP contribution is 2.42. The molecule has 0 saturated carbocycles. The molecule has 0 bridgehead atoms. The summed E-state index contributed by atoms with van der Waals surface area (Å²) in [5.74, 6) is -2.79. The molecule has 22 heavy (non-hydrogen) atoms. The van der Waals surface area contributed by atoms with E-state index in [1.165, 1.54) is 17.4 Å². The zero-order chi connectivity index (χ0) is 16.7. The van der Waals surface area contributed by atoms with E-state index in [-0.39, 0.29) is 0 Å². The molecule has 0 radical (unpaired) electrons. The molecule has 0 aromatic heterocycles. The number of hydrogen-bond acceptors (Lipinski definition) is 3. The second-order valence-electron chi connectivity index (χ2n) is 5.34. The number of benzene rings is 1. The van der Waals surface area contributed by atoms with Gasteiger partial charge in [-0.25, -0.2) is 4.79 Å². The maximum Gasteiger partial charge on any atom is 0.437 e. The minimum atomic E-state index is -5.19. The number of carbonyl (C=O) groups excluding carboxylic acids is 2. The first-order valence-corrected chi connectivity index (χ1v) is 6.51. The van der Waals surface area contributed by atoms with E-state index >= 15 is 0 Å². The lowest BCUT2D eigenvalue weighted by Crippen LogP contribution is -2.72. The van der Waals surface area contributed by atoms with Crippen LogP contribution in [0.15, 0.2) is 24.3 Å². The molecule has 2 amide bonds. The van der Waals surface area contributed by atoms with E-state index in [0.717, 1.165) is 12.5 Å². The second kappa shape index (κ2) is 5.28.